The molecule has 0 bridgehead atoms. The Morgan fingerprint density at radius 2 is 1.38 bits per heavy atom. The Kier molecular flexibility index (Phi) is 8.14. The number of hydrogen-bond donors (Lipinski definition) is 0. The molecule has 7 heteroatoms. The maximum Gasteiger partial charge on any atom is 0.338 e. The van der Waals surface area contributed by atoms with Crippen LogP contribution in [0.25, 0.3) is 0 Å². The first-order chi connectivity index (χ1) is 15.4. The lowest BCUT2D eigenvalue weighted by Crippen LogP contribution is -2.40. The van der Waals surface area contributed by atoms with Crippen molar-refractivity contribution < 1.29 is 33.3 Å². The molecule has 1 aliphatic rings. The Morgan fingerprint density at radius 3 is 1.88 bits per heavy atom. The molecule has 0 aliphatic carbocycles. The molecule has 0 amide bonds. The number of ether oxygens (including phenoxy) is 4. The van der Waals surface area contributed by atoms with Crippen molar-refractivity contribution in [2.45, 2.75) is 51.1 Å². The first-order valence-electron chi connectivity index (χ1n) is 10.7. The van der Waals surface area contributed by atoms with Crippen LogP contribution in [0.2, 0.25) is 0 Å². The van der Waals surface area contributed by atoms with Crippen LogP contribution in [0.15, 0.2) is 60.7 Å². The van der Waals surface area contributed by atoms with Crippen molar-refractivity contribution in [1.29, 1.82) is 0 Å². The van der Waals surface area contributed by atoms with Gasteiger partial charge in [-0.3, -0.25) is 4.79 Å². The summed E-state index contributed by atoms with van der Waals surface area (Å²) in [7, 11) is 0. The number of esters is 2. The zero-order valence-electron chi connectivity index (χ0n) is 18.3. The van der Waals surface area contributed by atoms with Crippen LogP contribution < -0.4 is 0 Å². The topological polar surface area (TPSA) is 88.1 Å². The first kappa shape index (κ1) is 23.6. The quantitative estimate of drug-likeness (QED) is 0.517. The predicted octanol–water partition coefficient (Wildman–Crippen LogP) is 3.96. The van der Waals surface area contributed by atoms with Crippen molar-refractivity contribution in [3.8, 4) is 0 Å². The number of hydrogen-bond acceptors (Lipinski definition) is 7. The van der Waals surface area contributed by atoms with Crippen molar-refractivity contribution in [3.05, 3.63) is 71.8 Å². The van der Waals surface area contributed by atoms with Gasteiger partial charge in [0.25, 0.3) is 0 Å². The average molecular weight is 440 g/mol. The highest BCUT2D eigenvalue weighted by molar-refractivity contribution is 5.93. The summed E-state index contributed by atoms with van der Waals surface area (Å²) in [6, 6.07) is 16.9. The molecule has 32 heavy (non-hydrogen) atoms. The molecule has 0 radical (unpaired) electrons. The Hall–Kier alpha value is -3.03. The molecule has 2 aromatic carbocycles. The van der Waals surface area contributed by atoms with Crippen molar-refractivity contribution in [2.24, 2.45) is 0 Å². The molecule has 1 fully saturated rings. The Bertz CT molecular complexity index is 904. The van der Waals surface area contributed by atoms with Crippen LogP contribution in [-0.4, -0.2) is 48.9 Å². The van der Waals surface area contributed by atoms with Gasteiger partial charge in [-0.15, -0.1) is 0 Å². The highest BCUT2D eigenvalue weighted by Crippen LogP contribution is 2.27. The van der Waals surface area contributed by atoms with Gasteiger partial charge >= 0.3 is 11.9 Å². The van der Waals surface area contributed by atoms with Gasteiger partial charge in [-0.1, -0.05) is 36.4 Å². The monoisotopic (exact) mass is 440 g/mol. The average Bonchev–Trinajstić information content (AvgIpc) is 3.24. The maximum atomic E-state index is 12.7. The lowest BCUT2D eigenvalue weighted by Gasteiger charge is -2.27. The SMILES string of the molecule is CC(=O)[C@@H](OC(=O)c1ccccc1)[C@@H](CCCC1(C)OCCO1)OC(=O)c1ccccc1. The minimum atomic E-state index is -1.23. The molecular weight excluding hydrogens is 412 g/mol. The van der Waals surface area contributed by atoms with Gasteiger partial charge in [-0.2, -0.15) is 0 Å². The van der Waals surface area contributed by atoms with Crippen LogP contribution in [0.5, 0.6) is 0 Å². The molecule has 1 aliphatic heterocycles. The van der Waals surface area contributed by atoms with E-state index in [1.807, 2.05) is 6.92 Å². The molecule has 1 saturated heterocycles. The second-order valence-corrected chi connectivity index (χ2v) is 7.84. The summed E-state index contributed by atoms with van der Waals surface area (Å²) in [5.74, 6) is -2.35. The van der Waals surface area contributed by atoms with Crippen molar-refractivity contribution in [3.63, 3.8) is 0 Å². The predicted molar refractivity (Wildman–Crippen MR) is 116 cm³/mol. The van der Waals surface area contributed by atoms with E-state index < -0.39 is 35.7 Å². The van der Waals surface area contributed by atoms with E-state index in [2.05, 4.69) is 0 Å². The van der Waals surface area contributed by atoms with Crippen LogP contribution in [0.1, 0.15) is 53.8 Å². The van der Waals surface area contributed by atoms with E-state index in [0.717, 1.165) is 0 Å². The summed E-state index contributed by atoms with van der Waals surface area (Å²) in [5.41, 5.74) is 0.663. The fraction of sp³-hybridized carbons (Fsp3) is 0.400. The van der Waals surface area contributed by atoms with Crippen LogP contribution in [0.4, 0.5) is 0 Å². The van der Waals surface area contributed by atoms with Gasteiger partial charge in [0.2, 0.25) is 0 Å². The number of ketones is 1. The molecule has 1 heterocycles. The third kappa shape index (κ3) is 6.48. The molecule has 0 spiro atoms. The third-order valence-electron chi connectivity index (χ3n) is 5.27. The van der Waals surface area contributed by atoms with E-state index in [9.17, 15) is 14.4 Å². The van der Waals surface area contributed by atoms with Crippen LogP contribution in [0, 0.1) is 0 Å². The van der Waals surface area contributed by atoms with Gasteiger partial charge in [-0.05, 0) is 51.0 Å². The fourth-order valence-electron chi connectivity index (χ4n) is 3.56. The largest absolute Gasteiger partial charge is 0.454 e. The van der Waals surface area contributed by atoms with Crippen LogP contribution in [0.3, 0.4) is 0 Å². The zero-order valence-corrected chi connectivity index (χ0v) is 18.3. The van der Waals surface area contributed by atoms with E-state index in [1.165, 1.54) is 6.92 Å². The van der Waals surface area contributed by atoms with Crippen LogP contribution in [-0.2, 0) is 23.7 Å². The first-order valence-corrected chi connectivity index (χ1v) is 10.7. The molecule has 170 valence electrons. The molecule has 0 aromatic heterocycles. The standard InChI is InChI=1S/C25H28O7/c1-18(26)22(32-24(28)20-12-7-4-8-13-20)21(14-9-15-25(2)29-16-17-30-25)31-23(27)19-10-5-3-6-11-19/h3-8,10-13,21-22H,9,14-17H2,1-2H3/t21-,22-/m1/s1. The molecule has 2 aromatic rings. The van der Waals surface area contributed by atoms with Crippen molar-refractivity contribution >= 4 is 17.7 Å². The Balaban J connectivity index is 1.74. The lowest BCUT2D eigenvalue weighted by molar-refractivity contribution is -0.149. The number of carbonyl (C=O) groups excluding carboxylic acids is 3. The van der Waals surface area contributed by atoms with Crippen molar-refractivity contribution in [1.82, 2.24) is 0 Å². The summed E-state index contributed by atoms with van der Waals surface area (Å²) in [5, 5.41) is 0. The highest BCUT2D eigenvalue weighted by Gasteiger charge is 2.35. The second kappa shape index (κ2) is 11.0. The molecule has 0 unspecified atom stereocenters. The summed E-state index contributed by atoms with van der Waals surface area (Å²) in [4.78, 5) is 37.7. The molecule has 0 saturated carbocycles. The number of benzene rings is 2. The van der Waals surface area contributed by atoms with Gasteiger partial charge < -0.3 is 18.9 Å². The van der Waals surface area contributed by atoms with E-state index in [1.54, 1.807) is 60.7 Å². The molecule has 3 rings (SSSR count). The lowest BCUT2D eigenvalue weighted by atomic mass is 10.0. The van der Waals surface area contributed by atoms with E-state index in [-0.39, 0.29) is 0 Å². The van der Waals surface area contributed by atoms with Gasteiger partial charge in [0.05, 0.1) is 24.3 Å². The van der Waals surface area contributed by atoms with Gasteiger partial charge in [0.1, 0.15) is 6.10 Å². The molecular formula is C25H28O7. The number of carbonyl (C=O) groups is 3. The Labute approximate surface area is 187 Å². The van der Waals surface area contributed by atoms with Gasteiger partial charge in [0.15, 0.2) is 17.7 Å². The van der Waals surface area contributed by atoms with Gasteiger partial charge in [-0.25, -0.2) is 9.59 Å². The third-order valence-corrected chi connectivity index (χ3v) is 5.27. The Morgan fingerprint density at radius 1 is 0.875 bits per heavy atom. The minimum absolute atomic E-state index is 0.299. The number of Topliss-reactive ketones (excluding diaryl/α,β-unsaturated/α-hetero) is 1. The number of rotatable bonds is 10. The molecule has 7 nitrogen and oxygen atoms in total. The summed E-state index contributed by atoms with van der Waals surface area (Å²) in [6.07, 6.45) is -0.793. The van der Waals surface area contributed by atoms with Gasteiger partial charge in [0, 0.05) is 6.42 Å². The highest BCUT2D eigenvalue weighted by atomic mass is 16.7. The molecule has 2 atom stereocenters. The summed E-state index contributed by atoms with van der Waals surface area (Å²) >= 11 is 0. The van der Waals surface area contributed by atoms with Crippen LogP contribution >= 0.6 is 0 Å². The normalized spacial score (nSPS) is 16.7. The smallest absolute Gasteiger partial charge is 0.338 e. The van der Waals surface area contributed by atoms with E-state index >= 15 is 0 Å². The summed E-state index contributed by atoms with van der Waals surface area (Å²) in [6.45, 7) is 4.21. The summed E-state index contributed by atoms with van der Waals surface area (Å²) < 4.78 is 22.4. The fourth-order valence-corrected chi connectivity index (χ4v) is 3.56. The minimum Gasteiger partial charge on any atom is -0.454 e. The molecule has 0 N–H and O–H groups in total. The zero-order chi connectivity index (χ0) is 23.0. The second-order valence-electron chi connectivity index (χ2n) is 7.84. The van der Waals surface area contributed by atoms with E-state index in [0.29, 0.717) is 43.6 Å². The van der Waals surface area contributed by atoms with E-state index in [4.69, 9.17) is 18.9 Å². The maximum absolute atomic E-state index is 12.7. The van der Waals surface area contributed by atoms with Crippen molar-refractivity contribution in [2.75, 3.05) is 13.2 Å².